The van der Waals surface area contributed by atoms with E-state index in [0.717, 1.165) is 10.9 Å². The number of carboxylic acid groups (broad SMARTS) is 1. The quantitative estimate of drug-likeness (QED) is 0.624. The average molecular weight is 382 g/mol. The van der Waals surface area contributed by atoms with Crippen LogP contribution in [0.5, 0.6) is 0 Å². The number of thioether (sulfide) groups is 1. The van der Waals surface area contributed by atoms with Gasteiger partial charge in [0, 0.05) is 23.8 Å². The van der Waals surface area contributed by atoms with Crippen LogP contribution < -0.4 is 5.32 Å². The van der Waals surface area contributed by atoms with Crippen LogP contribution in [0.25, 0.3) is 10.9 Å². The maximum absolute atomic E-state index is 12.6. The first-order valence-electron chi connectivity index (χ1n) is 8.74. The molecule has 1 atom stereocenters. The number of rotatable bonds is 8. The maximum Gasteiger partial charge on any atom is 0.326 e. The van der Waals surface area contributed by atoms with Gasteiger partial charge in [0.2, 0.25) is 0 Å². The normalized spacial score (nSPS) is 12.0. The molecule has 0 saturated heterocycles. The van der Waals surface area contributed by atoms with E-state index in [-0.39, 0.29) is 5.91 Å². The van der Waals surface area contributed by atoms with Crippen LogP contribution in [0.3, 0.4) is 0 Å². The summed E-state index contributed by atoms with van der Waals surface area (Å²) < 4.78 is 2.09. The summed E-state index contributed by atoms with van der Waals surface area (Å²) in [5.74, 6) is -0.695. The number of hydrogen-bond acceptors (Lipinski definition) is 3. The van der Waals surface area contributed by atoms with Crippen LogP contribution >= 0.6 is 11.8 Å². The molecule has 140 valence electrons. The Bertz CT molecular complexity index is 937. The summed E-state index contributed by atoms with van der Waals surface area (Å²) in [4.78, 5) is 23.9. The number of fused-ring (bicyclic) bond motifs is 1. The molecular formula is C21H22N2O3S. The SMILES string of the molecule is CSCC[C@H](NC(=O)c1ccc2ccn(Cc3ccccc3)c2c1)C(=O)O. The fourth-order valence-corrected chi connectivity index (χ4v) is 3.45. The Morgan fingerprint density at radius 3 is 2.63 bits per heavy atom. The number of nitrogens with one attached hydrogen (secondary N) is 1. The number of aromatic nitrogens is 1. The van der Waals surface area contributed by atoms with Crippen molar-refractivity contribution in [1.82, 2.24) is 9.88 Å². The fraction of sp³-hybridized carbons (Fsp3) is 0.238. The summed E-state index contributed by atoms with van der Waals surface area (Å²) in [6.07, 6.45) is 4.31. The third kappa shape index (κ3) is 4.71. The number of nitrogens with zero attached hydrogens (tertiary/aromatic N) is 1. The Balaban J connectivity index is 1.81. The molecule has 0 unspecified atom stereocenters. The summed E-state index contributed by atoms with van der Waals surface area (Å²) in [6.45, 7) is 0.709. The summed E-state index contributed by atoms with van der Waals surface area (Å²) in [6, 6.07) is 16.7. The summed E-state index contributed by atoms with van der Waals surface area (Å²) in [5.41, 5.74) is 2.58. The highest BCUT2D eigenvalue weighted by molar-refractivity contribution is 7.98. The lowest BCUT2D eigenvalue weighted by molar-refractivity contribution is -0.139. The molecule has 0 aliphatic rings. The molecule has 1 heterocycles. The summed E-state index contributed by atoms with van der Waals surface area (Å²) in [7, 11) is 0. The highest BCUT2D eigenvalue weighted by atomic mass is 32.2. The third-order valence-corrected chi connectivity index (χ3v) is 5.09. The first kappa shape index (κ1) is 19.0. The van der Waals surface area contributed by atoms with Crippen LogP contribution in [0.4, 0.5) is 0 Å². The molecule has 0 spiro atoms. The molecule has 1 amide bonds. The molecule has 6 heteroatoms. The zero-order valence-corrected chi connectivity index (χ0v) is 15.9. The van der Waals surface area contributed by atoms with E-state index >= 15 is 0 Å². The highest BCUT2D eigenvalue weighted by Gasteiger charge is 2.20. The topological polar surface area (TPSA) is 71.3 Å². The second kappa shape index (κ2) is 8.77. The summed E-state index contributed by atoms with van der Waals surface area (Å²) >= 11 is 1.56. The van der Waals surface area contributed by atoms with Gasteiger partial charge in [-0.2, -0.15) is 11.8 Å². The van der Waals surface area contributed by atoms with Gasteiger partial charge < -0.3 is 15.0 Å². The molecule has 0 bridgehead atoms. The van der Waals surface area contributed by atoms with Crippen molar-refractivity contribution in [2.45, 2.75) is 19.0 Å². The smallest absolute Gasteiger partial charge is 0.326 e. The van der Waals surface area contributed by atoms with E-state index < -0.39 is 12.0 Å². The zero-order chi connectivity index (χ0) is 19.2. The van der Waals surface area contributed by atoms with Gasteiger partial charge in [0.15, 0.2) is 0 Å². The van der Waals surface area contributed by atoms with Crippen molar-refractivity contribution in [2.24, 2.45) is 0 Å². The molecule has 0 fully saturated rings. The van der Waals surface area contributed by atoms with Gasteiger partial charge in [-0.25, -0.2) is 4.79 Å². The van der Waals surface area contributed by atoms with Crippen molar-refractivity contribution in [3.63, 3.8) is 0 Å². The van der Waals surface area contributed by atoms with Crippen molar-refractivity contribution < 1.29 is 14.7 Å². The number of hydrogen-bond donors (Lipinski definition) is 2. The van der Waals surface area contributed by atoms with Gasteiger partial charge in [0.05, 0.1) is 0 Å². The first-order chi connectivity index (χ1) is 13.1. The molecular weight excluding hydrogens is 360 g/mol. The molecule has 0 aliphatic heterocycles. The second-order valence-corrected chi connectivity index (χ2v) is 7.33. The molecule has 2 aromatic carbocycles. The first-order valence-corrected chi connectivity index (χ1v) is 10.1. The molecule has 3 aromatic rings. The predicted octanol–water partition coefficient (Wildman–Crippen LogP) is 3.63. The standard InChI is InChI=1S/C21H22N2O3S/c1-27-12-10-18(21(25)26)22-20(24)17-8-7-16-9-11-23(19(16)13-17)14-15-5-3-2-4-6-15/h2-9,11,13,18H,10,12,14H2,1H3,(H,22,24)(H,25,26)/t18-/m0/s1. The van der Waals surface area contributed by atoms with E-state index in [1.807, 2.05) is 48.9 Å². The highest BCUT2D eigenvalue weighted by Crippen LogP contribution is 2.19. The third-order valence-electron chi connectivity index (χ3n) is 4.45. The Labute approximate surface area is 162 Å². The minimum atomic E-state index is -1.01. The zero-order valence-electron chi connectivity index (χ0n) is 15.1. The van der Waals surface area contributed by atoms with Gasteiger partial charge in [-0.15, -0.1) is 0 Å². The van der Waals surface area contributed by atoms with Crippen LogP contribution in [0.15, 0.2) is 60.8 Å². The minimum Gasteiger partial charge on any atom is -0.480 e. The molecule has 0 saturated carbocycles. The number of carboxylic acids is 1. The van der Waals surface area contributed by atoms with Gasteiger partial charge in [-0.1, -0.05) is 36.4 Å². The van der Waals surface area contributed by atoms with Crippen LogP contribution in [-0.2, 0) is 11.3 Å². The van der Waals surface area contributed by atoms with E-state index in [4.69, 9.17) is 0 Å². The fourth-order valence-electron chi connectivity index (χ4n) is 2.98. The van der Waals surface area contributed by atoms with E-state index in [2.05, 4.69) is 22.0 Å². The van der Waals surface area contributed by atoms with E-state index in [0.29, 0.717) is 24.3 Å². The lowest BCUT2D eigenvalue weighted by Crippen LogP contribution is -2.41. The molecule has 2 N–H and O–H groups in total. The number of carbonyl (C=O) groups is 2. The second-order valence-electron chi connectivity index (χ2n) is 6.35. The Morgan fingerprint density at radius 2 is 1.93 bits per heavy atom. The van der Waals surface area contributed by atoms with Gasteiger partial charge in [-0.3, -0.25) is 4.79 Å². The minimum absolute atomic E-state index is 0.363. The molecule has 1 aromatic heterocycles. The molecule has 5 nitrogen and oxygen atoms in total. The van der Waals surface area contributed by atoms with E-state index in [9.17, 15) is 14.7 Å². The van der Waals surface area contributed by atoms with E-state index in [1.54, 1.807) is 17.8 Å². The number of amides is 1. The van der Waals surface area contributed by atoms with Crippen molar-refractivity contribution in [2.75, 3.05) is 12.0 Å². The largest absolute Gasteiger partial charge is 0.480 e. The molecule has 0 aliphatic carbocycles. The predicted molar refractivity (Wildman–Crippen MR) is 109 cm³/mol. The Morgan fingerprint density at radius 1 is 1.15 bits per heavy atom. The van der Waals surface area contributed by atoms with Crippen molar-refractivity contribution >= 4 is 34.5 Å². The number of carbonyl (C=O) groups excluding carboxylic acids is 1. The lowest BCUT2D eigenvalue weighted by Gasteiger charge is -2.14. The van der Waals surface area contributed by atoms with Crippen LogP contribution in [0.1, 0.15) is 22.3 Å². The summed E-state index contributed by atoms with van der Waals surface area (Å²) in [5, 5.41) is 13.0. The van der Waals surface area contributed by atoms with Crippen molar-refractivity contribution in [3.8, 4) is 0 Å². The van der Waals surface area contributed by atoms with Gasteiger partial charge >= 0.3 is 5.97 Å². The van der Waals surface area contributed by atoms with Crippen LogP contribution in [0.2, 0.25) is 0 Å². The number of aliphatic carboxylic acids is 1. The van der Waals surface area contributed by atoms with Crippen molar-refractivity contribution in [1.29, 1.82) is 0 Å². The Kier molecular flexibility index (Phi) is 6.19. The monoisotopic (exact) mass is 382 g/mol. The Hall–Kier alpha value is -2.73. The lowest BCUT2D eigenvalue weighted by atomic mass is 10.1. The van der Waals surface area contributed by atoms with Crippen LogP contribution in [-0.4, -0.2) is 39.6 Å². The van der Waals surface area contributed by atoms with Gasteiger partial charge in [0.25, 0.3) is 5.91 Å². The molecule has 27 heavy (non-hydrogen) atoms. The molecule has 3 rings (SSSR count). The van der Waals surface area contributed by atoms with E-state index in [1.165, 1.54) is 5.56 Å². The number of benzene rings is 2. The van der Waals surface area contributed by atoms with Gasteiger partial charge in [0.1, 0.15) is 6.04 Å². The molecule has 0 radical (unpaired) electrons. The maximum atomic E-state index is 12.6. The van der Waals surface area contributed by atoms with Crippen LogP contribution in [0, 0.1) is 0 Å². The van der Waals surface area contributed by atoms with Crippen molar-refractivity contribution in [3.05, 3.63) is 71.9 Å². The average Bonchev–Trinajstić information content (AvgIpc) is 3.07. The van der Waals surface area contributed by atoms with Gasteiger partial charge in [-0.05, 0) is 47.6 Å².